The molecule has 0 unspecified atom stereocenters. The maximum atomic E-state index is 11.4. The number of Topliss-reactive ketones (excluding diaryl/α,β-unsaturated/α-hetero) is 1. The molecule has 3 nitrogen and oxygen atoms in total. The van der Waals surface area contributed by atoms with Gasteiger partial charge in [-0.25, -0.2) is 0 Å². The third-order valence-electron chi connectivity index (χ3n) is 2.39. The first-order valence-electron chi connectivity index (χ1n) is 5.34. The average Bonchev–Trinajstić information content (AvgIpc) is 2.28. The molecule has 0 amide bonds. The smallest absolute Gasteiger partial charge is 0.163 e. The van der Waals surface area contributed by atoms with E-state index in [9.17, 15) is 4.79 Å². The van der Waals surface area contributed by atoms with Crippen LogP contribution >= 0.6 is 0 Å². The van der Waals surface area contributed by atoms with E-state index in [0.29, 0.717) is 23.5 Å². The van der Waals surface area contributed by atoms with Gasteiger partial charge in [0, 0.05) is 0 Å². The molecule has 0 spiro atoms. The van der Waals surface area contributed by atoms with Gasteiger partial charge in [-0.1, -0.05) is 6.92 Å². The van der Waals surface area contributed by atoms with Crippen molar-refractivity contribution < 1.29 is 9.53 Å². The number of ketones is 1. The Labute approximate surface area is 95.7 Å². The van der Waals surface area contributed by atoms with E-state index in [1.807, 2.05) is 13.8 Å². The number of carbonyl (C=O) groups is 1. The van der Waals surface area contributed by atoms with Crippen LogP contribution in [0.3, 0.4) is 0 Å². The normalized spacial score (nSPS) is 9.62. The Kier molecular flexibility index (Phi) is 4.07. The van der Waals surface area contributed by atoms with Crippen molar-refractivity contribution in [3.8, 4) is 11.8 Å². The predicted octanol–water partition coefficient (Wildman–Crippen LogP) is 2.72. The summed E-state index contributed by atoms with van der Waals surface area (Å²) in [5.41, 5.74) is 2.02. The Bertz CT molecular complexity index is 444. The van der Waals surface area contributed by atoms with Crippen LogP contribution < -0.4 is 4.74 Å². The lowest BCUT2D eigenvalue weighted by atomic mass is 10.00. The van der Waals surface area contributed by atoms with E-state index in [1.165, 1.54) is 6.92 Å². The maximum absolute atomic E-state index is 11.4. The zero-order valence-electron chi connectivity index (χ0n) is 9.83. The van der Waals surface area contributed by atoms with Crippen molar-refractivity contribution in [1.29, 1.82) is 5.26 Å². The number of nitrogens with zero attached hydrogens (tertiary/aromatic N) is 1. The van der Waals surface area contributed by atoms with E-state index in [-0.39, 0.29) is 5.78 Å². The fourth-order valence-corrected chi connectivity index (χ4v) is 1.57. The molecule has 0 saturated carbocycles. The summed E-state index contributed by atoms with van der Waals surface area (Å²) in [5.74, 6) is 0.464. The largest absolute Gasteiger partial charge is 0.493 e. The second kappa shape index (κ2) is 5.32. The summed E-state index contributed by atoms with van der Waals surface area (Å²) >= 11 is 0. The summed E-state index contributed by atoms with van der Waals surface area (Å²) in [6.45, 7) is 5.80. The van der Waals surface area contributed by atoms with Crippen LogP contribution in [0.2, 0.25) is 0 Å². The van der Waals surface area contributed by atoms with Gasteiger partial charge in [0.15, 0.2) is 5.78 Å². The van der Waals surface area contributed by atoms with E-state index >= 15 is 0 Å². The molecule has 0 aliphatic rings. The molecule has 0 fully saturated rings. The van der Waals surface area contributed by atoms with Gasteiger partial charge in [-0.15, -0.1) is 0 Å². The standard InChI is InChI=1S/C13H15NO2/c1-4-10-6-12(9(3)15)13(16-5-2)7-11(10)8-14/h6-7H,4-5H2,1-3H3. The fraction of sp³-hybridized carbons (Fsp3) is 0.385. The second-order valence-electron chi connectivity index (χ2n) is 3.46. The summed E-state index contributed by atoms with van der Waals surface area (Å²) in [7, 11) is 0. The van der Waals surface area contributed by atoms with Crippen molar-refractivity contribution in [3.63, 3.8) is 0 Å². The van der Waals surface area contributed by atoms with Crippen molar-refractivity contribution in [1.82, 2.24) is 0 Å². The molecule has 1 aromatic carbocycles. The Morgan fingerprint density at radius 3 is 2.56 bits per heavy atom. The van der Waals surface area contributed by atoms with Crippen molar-refractivity contribution >= 4 is 5.78 Å². The van der Waals surface area contributed by atoms with Crippen LogP contribution in [0.25, 0.3) is 0 Å². The molecular weight excluding hydrogens is 202 g/mol. The number of rotatable bonds is 4. The minimum Gasteiger partial charge on any atom is -0.493 e. The number of benzene rings is 1. The van der Waals surface area contributed by atoms with Gasteiger partial charge in [0.25, 0.3) is 0 Å². The number of nitriles is 1. The highest BCUT2D eigenvalue weighted by Gasteiger charge is 2.12. The topological polar surface area (TPSA) is 50.1 Å². The zero-order valence-corrected chi connectivity index (χ0v) is 9.83. The highest BCUT2D eigenvalue weighted by atomic mass is 16.5. The molecule has 0 bridgehead atoms. The first kappa shape index (κ1) is 12.3. The summed E-state index contributed by atoms with van der Waals surface area (Å²) in [6, 6.07) is 5.53. The Morgan fingerprint density at radius 2 is 2.12 bits per heavy atom. The number of ether oxygens (including phenoxy) is 1. The number of hydrogen-bond acceptors (Lipinski definition) is 3. The van der Waals surface area contributed by atoms with Crippen molar-refractivity contribution in [2.24, 2.45) is 0 Å². The highest BCUT2D eigenvalue weighted by molar-refractivity contribution is 5.97. The molecule has 0 atom stereocenters. The fourth-order valence-electron chi connectivity index (χ4n) is 1.57. The molecule has 0 aliphatic heterocycles. The molecule has 0 radical (unpaired) electrons. The van der Waals surface area contributed by atoms with Gasteiger partial charge in [0.1, 0.15) is 5.75 Å². The molecule has 3 heteroatoms. The third kappa shape index (κ3) is 2.40. The quantitative estimate of drug-likeness (QED) is 0.728. The van der Waals surface area contributed by atoms with E-state index in [2.05, 4.69) is 6.07 Å². The molecular formula is C13H15NO2. The predicted molar refractivity (Wildman–Crippen MR) is 61.7 cm³/mol. The van der Waals surface area contributed by atoms with Crippen LogP contribution in [-0.2, 0) is 6.42 Å². The van der Waals surface area contributed by atoms with E-state index in [0.717, 1.165) is 12.0 Å². The van der Waals surface area contributed by atoms with Crippen LogP contribution in [0.15, 0.2) is 12.1 Å². The third-order valence-corrected chi connectivity index (χ3v) is 2.39. The lowest BCUT2D eigenvalue weighted by molar-refractivity contribution is 0.101. The Morgan fingerprint density at radius 1 is 1.44 bits per heavy atom. The number of aryl methyl sites for hydroxylation is 1. The van der Waals surface area contributed by atoms with Gasteiger partial charge in [-0.05, 0) is 38.0 Å². The lowest BCUT2D eigenvalue weighted by Crippen LogP contribution is -2.03. The molecule has 0 saturated heterocycles. The maximum Gasteiger partial charge on any atom is 0.163 e. The first-order chi connectivity index (χ1) is 7.63. The Hall–Kier alpha value is -1.82. The molecule has 0 N–H and O–H groups in total. The van der Waals surface area contributed by atoms with E-state index < -0.39 is 0 Å². The van der Waals surface area contributed by atoms with Crippen LogP contribution in [-0.4, -0.2) is 12.4 Å². The first-order valence-corrected chi connectivity index (χ1v) is 5.34. The van der Waals surface area contributed by atoms with Crippen molar-refractivity contribution in [3.05, 3.63) is 28.8 Å². The zero-order chi connectivity index (χ0) is 12.1. The van der Waals surface area contributed by atoms with Crippen LogP contribution in [0, 0.1) is 11.3 Å². The summed E-state index contributed by atoms with van der Waals surface area (Å²) in [6.07, 6.45) is 0.732. The van der Waals surface area contributed by atoms with Gasteiger partial charge in [-0.3, -0.25) is 4.79 Å². The lowest BCUT2D eigenvalue weighted by Gasteiger charge is -2.11. The molecule has 1 rings (SSSR count). The minimum absolute atomic E-state index is 0.0392. The van der Waals surface area contributed by atoms with Crippen LogP contribution in [0.5, 0.6) is 5.75 Å². The average molecular weight is 217 g/mol. The number of hydrogen-bond donors (Lipinski definition) is 0. The monoisotopic (exact) mass is 217 g/mol. The van der Waals surface area contributed by atoms with Crippen LogP contribution in [0.1, 0.15) is 42.3 Å². The SMILES string of the molecule is CCOc1cc(C#N)c(CC)cc1C(C)=O. The molecule has 1 aromatic rings. The minimum atomic E-state index is -0.0392. The summed E-state index contributed by atoms with van der Waals surface area (Å²) in [5, 5.41) is 8.98. The van der Waals surface area contributed by atoms with Gasteiger partial charge >= 0.3 is 0 Å². The van der Waals surface area contributed by atoms with E-state index in [4.69, 9.17) is 10.00 Å². The molecule has 84 valence electrons. The van der Waals surface area contributed by atoms with Gasteiger partial charge in [0.2, 0.25) is 0 Å². The highest BCUT2D eigenvalue weighted by Crippen LogP contribution is 2.24. The summed E-state index contributed by atoms with van der Waals surface area (Å²) in [4.78, 5) is 11.4. The van der Waals surface area contributed by atoms with Crippen molar-refractivity contribution in [2.75, 3.05) is 6.61 Å². The number of carbonyl (C=O) groups excluding carboxylic acids is 1. The molecule has 16 heavy (non-hydrogen) atoms. The summed E-state index contributed by atoms with van der Waals surface area (Å²) < 4.78 is 5.37. The molecule has 0 heterocycles. The van der Waals surface area contributed by atoms with E-state index in [1.54, 1.807) is 12.1 Å². The molecule has 0 aromatic heterocycles. The van der Waals surface area contributed by atoms with Gasteiger partial charge in [-0.2, -0.15) is 5.26 Å². The van der Waals surface area contributed by atoms with Gasteiger partial charge < -0.3 is 4.74 Å². The second-order valence-corrected chi connectivity index (χ2v) is 3.46. The molecule has 0 aliphatic carbocycles. The van der Waals surface area contributed by atoms with Gasteiger partial charge in [0.05, 0.1) is 23.8 Å². The van der Waals surface area contributed by atoms with Crippen molar-refractivity contribution in [2.45, 2.75) is 27.2 Å². The Balaban J connectivity index is 3.36. The van der Waals surface area contributed by atoms with Crippen LogP contribution in [0.4, 0.5) is 0 Å².